The zero-order valence-electron chi connectivity index (χ0n) is 12.2. The highest BCUT2D eigenvalue weighted by atomic mass is 16.5. The van der Waals surface area contributed by atoms with Crippen molar-refractivity contribution in [1.29, 1.82) is 0 Å². The summed E-state index contributed by atoms with van der Waals surface area (Å²) in [6.45, 7) is 5.13. The fourth-order valence-corrected chi connectivity index (χ4v) is 2.40. The maximum absolute atomic E-state index is 5.84. The number of nitrogens with two attached hydrogens (primary N) is 1. The molecule has 0 amide bonds. The largest absolute Gasteiger partial charge is 0.493 e. The van der Waals surface area contributed by atoms with Gasteiger partial charge in [-0.15, -0.1) is 0 Å². The Morgan fingerprint density at radius 3 is 2.58 bits per heavy atom. The van der Waals surface area contributed by atoms with E-state index in [0.717, 1.165) is 37.4 Å². The Balaban J connectivity index is 2.00. The van der Waals surface area contributed by atoms with Crippen LogP contribution in [-0.4, -0.2) is 19.8 Å². The van der Waals surface area contributed by atoms with Gasteiger partial charge < -0.3 is 15.2 Å². The van der Waals surface area contributed by atoms with Crippen molar-refractivity contribution < 1.29 is 9.47 Å². The van der Waals surface area contributed by atoms with E-state index >= 15 is 0 Å². The van der Waals surface area contributed by atoms with Gasteiger partial charge in [0.15, 0.2) is 11.5 Å². The second-order valence-electron chi connectivity index (χ2n) is 5.87. The molecule has 1 saturated carbocycles. The molecular weight excluding hydrogens is 238 g/mol. The molecule has 1 fully saturated rings. The molecule has 2 N–H and O–H groups in total. The van der Waals surface area contributed by atoms with E-state index in [0.29, 0.717) is 17.9 Å². The van der Waals surface area contributed by atoms with Crippen molar-refractivity contribution in [1.82, 2.24) is 0 Å². The summed E-state index contributed by atoms with van der Waals surface area (Å²) in [7, 11) is 1.70. The van der Waals surface area contributed by atoms with Crippen molar-refractivity contribution in [2.75, 3.05) is 13.7 Å². The molecule has 1 aromatic rings. The van der Waals surface area contributed by atoms with Gasteiger partial charge in [-0.1, -0.05) is 19.9 Å². The summed E-state index contributed by atoms with van der Waals surface area (Å²) in [6, 6.07) is 6.64. The van der Waals surface area contributed by atoms with Crippen LogP contribution in [0.1, 0.15) is 44.6 Å². The minimum atomic E-state index is 0.373. The van der Waals surface area contributed by atoms with Crippen LogP contribution in [0.5, 0.6) is 11.5 Å². The van der Waals surface area contributed by atoms with Crippen LogP contribution in [-0.2, 0) is 0 Å². The fourth-order valence-electron chi connectivity index (χ4n) is 2.40. The van der Waals surface area contributed by atoms with Crippen LogP contribution in [0.4, 0.5) is 0 Å². The number of benzene rings is 1. The molecule has 0 aliphatic heterocycles. The first-order valence-electron chi connectivity index (χ1n) is 7.16. The third kappa shape index (κ3) is 3.63. The van der Waals surface area contributed by atoms with Crippen molar-refractivity contribution in [3.05, 3.63) is 23.8 Å². The van der Waals surface area contributed by atoms with Crippen molar-refractivity contribution in [2.24, 2.45) is 11.7 Å². The Bertz CT molecular complexity index is 411. The maximum atomic E-state index is 5.84. The zero-order chi connectivity index (χ0) is 13.8. The van der Waals surface area contributed by atoms with Crippen molar-refractivity contribution in [3.63, 3.8) is 0 Å². The Hall–Kier alpha value is -1.22. The molecule has 1 aliphatic rings. The summed E-state index contributed by atoms with van der Waals surface area (Å²) >= 11 is 0. The Kier molecular flexibility index (Phi) is 4.70. The molecule has 3 heteroatoms. The van der Waals surface area contributed by atoms with Gasteiger partial charge in [-0.3, -0.25) is 0 Å². The van der Waals surface area contributed by atoms with Gasteiger partial charge in [0.25, 0.3) is 0 Å². The predicted molar refractivity (Wildman–Crippen MR) is 77.9 cm³/mol. The van der Waals surface area contributed by atoms with Crippen LogP contribution < -0.4 is 15.2 Å². The van der Waals surface area contributed by atoms with Crippen LogP contribution in [0, 0.1) is 5.92 Å². The van der Waals surface area contributed by atoms with Gasteiger partial charge in [0, 0.05) is 6.04 Å². The molecule has 0 unspecified atom stereocenters. The van der Waals surface area contributed by atoms with E-state index in [1.54, 1.807) is 7.11 Å². The second-order valence-corrected chi connectivity index (χ2v) is 5.87. The van der Waals surface area contributed by atoms with E-state index < -0.39 is 0 Å². The van der Waals surface area contributed by atoms with Gasteiger partial charge in [-0.25, -0.2) is 0 Å². The number of hydrogen-bond donors (Lipinski definition) is 1. The molecule has 2 rings (SSSR count). The maximum Gasteiger partial charge on any atom is 0.161 e. The Labute approximate surface area is 116 Å². The molecule has 3 nitrogen and oxygen atoms in total. The van der Waals surface area contributed by atoms with Crippen molar-refractivity contribution in [2.45, 2.75) is 45.1 Å². The summed E-state index contributed by atoms with van der Waals surface area (Å²) in [5, 5.41) is 0. The molecule has 0 atom stereocenters. The van der Waals surface area contributed by atoms with Gasteiger partial charge in [-0.2, -0.15) is 0 Å². The molecule has 1 aliphatic carbocycles. The van der Waals surface area contributed by atoms with Crippen LogP contribution >= 0.6 is 0 Å². The average molecular weight is 263 g/mol. The lowest BCUT2D eigenvalue weighted by Gasteiger charge is -2.33. The van der Waals surface area contributed by atoms with Crippen LogP contribution in [0.25, 0.3) is 0 Å². The van der Waals surface area contributed by atoms with E-state index in [4.69, 9.17) is 15.2 Å². The molecule has 106 valence electrons. The summed E-state index contributed by atoms with van der Waals surface area (Å²) in [5.41, 5.74) is 7.16. The first-order valence-corrected chi connectivity index (χ1v) is 7.16. The minimum Gasteiger partial charge on any atom is -0.493 e. The molecule has 0 bridgehead atoms. The number of hydrogen-bond acceptors (Lipinski definition) is 3. The van der Waals surface area contributed by atoms with Crippen molar-refractivity contribution in [3.8, 4) is 11.5 Å². The highest BCUT2D eigenvalue weighted by molar-refractivity contribution is 5.44. The van der Waals surface area contributed by atoms with Gasteiger partial charge >= 0.3 is 0 Å². The van der Waals surface area contributed by atoms with Gasteiger partial charge in [0.05, 0.1) is 13.7 Å². The van der Waals surface area contributed by atoms with E-state index in [2.05, 4.69) is 26.0 Å². The monoisotopic (exact) mass is 263 g/mol. The summed E-state index contributed by atoms with van der Waals surface area (Å²) in [4.78, 5) is 0. The highest BCUT2D eigenvalue weighted by Gasteiger charge is 2.27. The van der Waals surface area contributed by atoms with E-state index in [9.17, 15) is 0 Å². The smallest absolute Gasteiger partial charge is 0.161 e. The fraction of sp³-hybridized carbons (Fsp3) is 0.625. The quantitative estimate of drug-likeness (QED) is 0.856. The lowest BCUT2D eigenvalue weighted by Crippen LogP contribution is -2.34. The number of methoxy groups -OCH3 is 1. The van der Waals surface area contributed by atoms with Crippen LogP contribution in [0.3, 0.4) is 0 Å². The average Bonchev–Trinajstić information content (AvgIpc) is 2.35. The third-order valence-electron chi connectivity index (χ3n) is 3.79. The second kappa shape index (κ2) is 6.29. The van der Waals surface area contributed by atoms with E-state index in [1.807, 2.05) is 6.07 Å². The Morgan fingerprint density at radius 2 is 2.00 bits per heavy atom. The lowest BCUT2D eigenvalue weighted by atomic mass is 9.76. The van der Waals surface area contributed by atoms with E-state index in [-0.39, 0.29) is 0 Å². The topological polar surface area (TPSA) is 44.5 Å². The molecular formula is C16H25NO2. The molecule has 1 aromatic carbocycles. The molecule has 0 heterocycles. The first-order chi connectivity index (χ1) is 9.10. The normalized spacial score (nSPS) is 22.2. The van der Waals surface area contributed by atoms with E-state index in [1.165, 1.54) is 5.56 Å². The summed E-state index contributed by atoms with van der Waals surface area (Å²) < 4.78 is 11.2. The van der Waals surface area contributed by atoms with Crippen molar-refractivity contribution >= 4 is 0 Å². The molecule has 0 spiro atoms. The highest BCUT2D eigenvalue weighted by Crippen LogP contribution is 2.39. The molecule has 0 saturated heterocycles. The van der Waals surface area contributed by atoms with Gasteiger partial charge in [0.1, 0.15) is 0 Å². The standard InChI is InChI=1S/C16H25NO2/c1-11(2)6-7-19-15-5-4-12(10-16(15)18-3)13-8-14(17)9-13/h4-5,10-11,13-14H,6-9,17H2,1-3H3. The van der Waals surface area contributed by atoms with Crippen LogP contribution in [0.2, 0.25) is 0 Å². The predicted octanol–water partition coefficient (Wildman–Crippen LogP) is 3.32. The molecule has 0 radical (unpaired) electrons. The SMILES string of the molecule is COc1cc(C2CC(N)C2)ccc1OCCC(C)C. The summed E-state index contributed by atoms with van der Waals surface area (Å²) in [5.74, 6) is 2.92. The van der Waals surface area contributed by atoms with Crippen LogP contribution in [0.15, 0.2) is 18.2 Å². The summed E-state index contributed by atoms with van der Waals surface area (Å²) in [6.07, 6.45) is 3.22. The third-order valence-corrected chi connectivity index (χ3v) is 3.79. The minimum absolute atomic E-state index is 0.373. The first kappa shape index (κ1) is 14.2. The lowest BCUT2D eigenvalue weighted by molar-refractivity contribution is 0.272. The number of ether oxygens (including phenoxy) is 2. The Morgan fingerprint density at radius 1 is 1.26 bits per heavy atom. The van der Waals surface area contributed by atoms with Gasteiger partial charge in [0.2, 0.25) is 0 Å². The zero-order valence-corrected chi connectivity index (χ0v) is 12.2. The molecule has 19 heavy (non-hydrogen) atoms. The van der Waals surface area contributed by atoms with Gasteiger partial charge in [-0.05, 0) is 48.8 Å². The number of rotatable bonds is 6. The molecule has 0 aromatic heterocycles.